The highest BCUT2D eigenvalue weighted by Crippen LogP contribution is 2.30. The molecule has 0 radical (unpaired) electrons. The Labute approximate surface area is 189 Å². The van der Waals surface area contributed by atoms with Crippen molar-refractivity contribution in [2.24, 2.45) is 0 Å². The number of amides is 1. The van der Waals surface area contributed by atoms with Crippen LogP contribution < -0.4 is 5.32 Å². The number of hydrogen-bond acceptors (Lipinski definition) is 6. The molecule has 0 atom stereocenters. The third-order valence-corrected chi connectivity index (χ3v) is 6.34. The van der Waals surface area contributed by atoms with Crippen LogP contribution in [0.3, 0.4) is 0 Å². The molecule has 0 fully saturated rings. The van der Waals surface area contributed by atoms with Gasteiger partial charge in [0.2, 0.25) is 5.91 Å². The molecule has 156 valence electrons. The highest BCUT2D eigenvalue weighted by atomic mass is 32.2. The van der Waals surface area contributed by atoms with Crippen molar-refractivity contribution >= 4 is 34.1 Å². The Morgan fingerprint density at radius 1 is 1.10 bits per heavy atom. The summed E-state index contributed by atoms with van der Waals surface area (Å²) in [6, 6.07) is 19.8. The zero-order valence-electron chi connectivity index (χ0n) is 17.0. The van der Waals surface area contributed by atoms with Crippen LogP contribution in [0.15, 0.2) is 78.5 Å². The number of carbonyl (C=O) groups excluding carboxylic acids is 1. The molecule has 0 saturated carbocycles. The average Bonchev–Trinajstić information content (AvgIpc) is 3.36. The summed E-state index contributed by atoms with van der Waals surface area (Å²) in [5.74, 6) is 0.836. The second-order valence-electron chi connectivity index (χ2n) is 6.70. The third-order valence-electron chi connectivity index (χ3n) is 4.48. The van der Waals surface area contributed by atoms with Gasteiger partial charge in [0, 0.05) is 22.5 Å². The second-order valence-corrected chi connectivity index (χ2v) is 8.84. The lowest BCUT2D eigenvalue weighted by Gasteiger charge is -2.07. The fourth-order valence-electron chi connectivity index (χ4n) is 3.09. The Kier molecular flexibility index (Phi) is 6.59. The van der Waals surface area contributed by atoms with Crippen LogP contribution in [0.5, 0.6) is 0 Å². The van der Waals surface area contributed by atoms with Crippen molar-refractivity contribution < 1.29 is 4.79 Å². The highest BCUT2D eigenvalue weighted by molar-refractivity contribution is 7.99. The van der Waals surface area contributed by atoms with Gasteiger partial charge in [0.05, 0.1) is 11.4 Å². The van der Waals surface area contributed by atoms with Crippen LogP contribution in [0.2, 0.25) is 0 Å². The summed E-state index contributed by atoms with van der Waals surface area (Å²) in [6.45, 7) is 6.40. The molecule has 2 aromatic carbocycles. The maximum absolute atomic E-state index is 12.5. The van der Waals surface area contributed by atoms with Crippen LogP contribution in [0.1, 0.15) is 4.88 Å². The fourth-order valence-corrected chi connectivity index (χ4v) is 4.69. The second kappa shape index (κ2) is 9.72. The number of benzene rings is 2. The van der Waals surface area contributed by atoms with Gasteiger partial charge in [0.1, 0.15) is 0 Å². The van der Waals surface area contributed by atoms with Crippen molar-refractivity contribution in [2.45, 2.75) is 18.6 Å². The van der Waals surface area contributed by atoms with Crippen molar-refractivity contribution in [3.8, 4) is 22.6 Å². The summed E-state index contributed by atoms with van der Waals surface area (Å²) in [4.78, 5) is 18.2. The lowest BCUT2D eigenvalue weighted by molar-refractivity contribution is -0.113. The van der Waals surface area contributed by atoms with Crippen LogP contribution in [-0.4, -0.2) is 31.4 Å². The van der Waals surface area contributed by atoms with E-state index in [9.17, 15) is 4.79 Å². The number of aromatic nitrogens is 4. The molecular formula is C23H21N5OS2. The van der Waals surface area contributed by atoms with E-state index >= 15 is 0 Å². The molecule has 2 heterocycles. The number of aryl methyl sites for hydroxylation is 1. The fraction of sp³-hybridized carbons (Fsp3) is 0.130. The summed E-state index contributed by atoms with van der Waals surface area (Å²) in [7, 11) is 0. The van der Waals surface area contributed by atoms with Crippen LogP contribution in [0.25, 0.3) is 22.6 Å². The van der Waals surface area contributed by atoms with Crippen molar-refractivity contribution in [3.05, 3.63) is 78.2 Å². The van der Waals surface area contributed by atoms with E-state index in [2.05, 4.69) is 27.1 Å². The normalized spacial score (nSPS) is 10.7. The maximum Gasteiger partial charge on any atom is 0.236 e. The van der Waals surface area contributed by atoms with Crippen molar-refractivity contribution in [3.63, 3.8) is 0 Å². The number of rotatable bonds is 8. The molecule has 0 saturated heterocycles. The monoisotopic (exact) mass is 447 g/mol. The van der Waals surface area contributed by atoms with Crippen LogP contribution >= 0.6 is 23.1 Å². The number of nitrogens with zero attached hydrogens (tertiary/aromatic N) is 4. The number of anilines is 1. The van der Waals surface area contributed by atoms with Gasteiger partial charge in [-0.3, -0.25) is 9.36 Å². The number of hydrogen-bond donors (Lipinski definition) is 1. The van der Waals surface area contributed by atoms with Gasteiger partial charge in [-0.05, 0) is 6.92 Å². The number of allylic oxidation sites excluding steroid dienone is 1. The van der Waals surface area contributed by atoms with Gasteiger partial charge in [0.15, 0.2) is 16.1 Å². The Bertz CT molecular complexity index is 1190. The SMILES string of the molecule is C=CCn1c(SCC(=O)Nc2nc(-c3ccccc3)c(C)s2)nnc1-c1ccccc1. The van der Waals surface area contributed by atoms with Gasteiger partial charge in [-0.15, -0.1) is 28.1 Å². The summed E-state index contributed by atoms with van der Waals surface area (Å²) in [6.07, 6.45) is 1.80. The van der Waals surface area contributed by atoms with E-state index in [4.69, 9.17) is 0 Å². The van der Waals surface area contributed by atoms with Gasteiger partial charge in [0.25, 0.3) is 0 Å². The van der Waals surface area contributed by atoms with Gasteiger partial charge < -0.3 is 5.32 Å². The van der Waals surface area contributed by atoms with Crippen molar-refractivity contribution in [1.29, 1.82) is 0 Å². The molecule has 0 spiro atoms. The molecule has 2 aromatic heterocycles. The van der Waals surface area contributed by atoms with Gasteiger partial charge in [-0.2, -0.15) is 0 Å². The number of carbonyl (C=O) groups is 1. The maximum atomic E-state index is 12.5. The van der Waals surface area contributed by atoms with Gasteiger partial charge in [-0.1, -0.05) is 78.5 Å². The summed E-state index contributed by atoms with van der Waals surface area (Å²) in [5, 5.41) is 12.8. The molecule has 0 aliphatic carbocycles. The topological polar surface area (TPSA) is 72.7 Å². The van der Waals surface area contributed by atoms with Gasteiger partial charge >= 0.3 is 0 Å². The van der Waals surface area contributed by atoms with Gasteiger partial charge in [-0.25, -0.2) is 4.98 Å². The van der Waals surface area contributed by atoms with Crippen molar-refractivity contribution in [2.75, 3.05) is 11.1 Å². The standard InChI is InChI=1S/C23H21N5OS2/c1-3-14-28-21(18-12-8-5-9-13-18)26-27-23(28)30-15-19(29)24-22-25-20(16(2)31-22)17-10-6-4-7-11-17/h3-13H,1,14-15H2,2H3,(H,24,25,29). The molecule has 0 aliphatic rings. The first-order valence-corrected chi connectivity index (χ1v) is 11.5. The molecule has 8 heteroatoms. The molecule has 6 nitrogen and oxygen atoms in total. The first-order valence-electron chi connectivity index (χ1n) is 9.70. The van der Waals surface area contributed by atoms with Crippen LogP contribution in [0, 0.1) is 6.92 Å². The predicted octanol–water partition coefficient (Wildman–Crippen LogP) is 5.29. The molecule has 0 bridgehead atoms. The first-order chi connectivity index (χ1) is 15.2. The smallest absolute Gasteiger partial charge is 0.236 e. The summed E-state index contributed by atoms with van der Waals surface area (Å²) in [5.41, 5.74) is 2.91. The van der Waals surface area contributed by atoms with Crippen molar-refractivity contribution in [1.82, 2.24) is 19.7 Å². The van der Waals surface area contributed by atoms with E-state index in [1.807, 2.05) is 72.2 Å². The number of nitrogens with one attached hydrogen (secondary N) is 1. The molecule has 31 heavy (non-hydrogen) atoms. The molecule has 0 aliphatic heterocycles. The quantitative estimate of drug-likeness (QED) is 0.293. The predicted molar refractivity (Wildman–Crippen MR) is 127 cm³/mol. The van der Waals surface area contributed by atoms with E-state index in [1.54, 1.807) is 6.08 Å². The van der Waals surface area contributed by atoms with E-state index < -0.39 is 0 Å². The molecule has 4 aromatic rings. The minimum Gasteiger partial charge on any atom is -0.301 e. The Hall–Kier alpha value is -3.23. The van der Waals surface area contributed by atoms with E-state index in [0.29, 0.717) is 16.8 Å². The van der Waals surface area contributed by atoms with E-state index in [-0.39, 0.29) is 11.7 Å². The zero-order valence-corrected chi connectivity index (χ0v) is 18.6. The first kappa shape index (κ1) is 21.0. The Morgan fingerprint density at radius 2 is 1.77 bits per heavy atom. The van der Waals surface area contributed by atoms with E-state index in [0.717, 1.165) is 27.5 Å². The summed E-state index contributed by atoms with van der Waals surface area (Å²) < 4.78 is 1.96. The largest absolute Gasteiger partial charge is 0.301 e. The lowest BCUT2D eigenvalue weighted by atomic mass is 10.1. The molecule has 1 amide bonds. The number of thiazole rings is 1. The molecule has 4 rings (SSSR count). The third kappa shape index (κ3) is 4.92. The molecule has 1 N–H and O–H groups in total. The highest BCUT2D eigenvalue weighted by Gasteiger charge is 2.16. The lowest BCUT2D eigenvalue weighted by Crippen LogP contribution is -2.14. The zero-order chi connectivity index (χ0) is 21.6. The Morgan fingerprint density at radius 3 is 2.45 bits per heavy atom. The Balaban J connectivity index is 1.44. The minimum atomic E-state index is -0.132. The molecular weight excluding hydrogens is 426 g/mol. The van der Waals surface area contributed by atoms with E-state index in [1.165, 1.54) is 23.1 Å². The van der Waals surface area contributed by atoms with Crippen LogP contribution in [-0.2, 0) is 11.3 Å². The number of thioether (sulfide) groups is 1. The minimum absolute atomic E-state index is 0.132. The summed E-state index contributed by atoms with van der Waals surface area (Å²) >= 11 is 2.82. The molecule has 0 unspecified atom stereocenters. The van der Waals surface area contributed by atoms with Crippen LogP contribution in [0.4, 0.5) is 5.13 Å². The average molecular weight is 448 g/mol.